The van der Waals surface area contributed by atoms with Crippen molar-refractivity contribution in [2.75, 3.05) is 25.0 Å². The Labute approximate surface area is 190 Å². The van der Waals surface area contributed by atoms with E-state index in [0.717, 1.165) is 36.7 Å². The van der Waals surface area contributed by atoms with Gasteiger partial charge in [-0.25, -0.2) is 0 Å². The number of aryl methyl sites for hydroxylation is 2. The highest BCUT2D eigenvalue weighted by Gasteiger charge is 2.24. The summed E-state index contributed by atoms with van der Waals surface area (Å²) in [7, 11) is 0. The van der Waals surface area contributed by atoms with E-state index >= 15 is 0 Å². The summed E-state index contributed by atoms with van der Waals surface area (Å²) in [5.74, 6) is 0.974. The summed E-state index contributed by atoms with van der Waals surface area (Å²) in [4.78, 5) is 16.8. The Bertz CT molecular complexity index is 845. The molecule has 1 atom stereocenters. The van der Waals surface area contributed by atoms with Crippen LogP contribution in [0.25, 0.3) is 0 Å². The molecule has 1 aliphatic rings. The van der Waals surface area contributed by atoms with E-state index in [9.17, 15) is 4.79 Å². The van der Waals surface area contributed by atoms with Gasteiger partial charge in [-0.05, 0) is 44.4 Å². The molecule has 0 aromatic heterocycles. The molecule has 0 saturated heterocycles. The van der Waals surface area contributed by atoms with Gasteiger partial charge in [0.1, 0.15) is 0 Å². The summed E-state index contributed by atoms with van der Waals surface area (Å²) >= 11 is 0. The van der Waals surface area contributed by atoms with Gasteiger partial charge < -0.3 is 16.0 Å². The highest BCUT2D eigenvalue weighted by atomic mass is 127. The van der Waals surface area contributed by atoms with Gasteiger partial charge in [-0.3, -0.25) is 9.79 Å². The molecule has 0 aliphatic carbocycles. The number of nitrogens with zero attached hydrogens (tertiary/aromatic N) is 1. The van der Waals surface area contributed by atoms with Gasteiger partial charge in [0, 0.05) is 31.1 Å². The van der Waals surface area contributed by atoms with Crippen LogP contribution in [0.4, 0.5) is 5.69 Å². The van der Waals surface area contributed by atoms with Gasteiger partial charge in [-0.2, -0.15) is 0 Å². The van der Waals surface area contributed by atoms with Crippen molar-refractivity contribution in [3.8, 4) is 0 Å². The van der Waals surface area contributed by atoms with Crippen LogP contribution in [-0.2, 0) is 11.2 Å². The highest BCUT2D eigenvalue weighted by Crippen LogP contribution is 2.31. The molecule has 2 aromatic rings. The molecule has 6 heteroatoms. The molecule has 1 unspecified atom stereocenters. The molecule has 1 heterocycles. The van der Waals surface area contributed by atoms with Gasteiger partial charge in [0.2, 0.25) is 5.91 Å². The smallest absolute Gasteiger partial charge is 0.225 e. The predicted molar refractivity (Wildman–Crippen MR) is 131 cm³/mol. The summed E-state index contributed by atoms with van der Waals surface area (Å²) < 4.78 is 0. The van der Waals surface area contributed by atoms with Crippen LogP contribution in [0.3, 0.4) is 0 Å². The molecule has 0 radical (unpaired) electrons. The Kier molecular flexibility index (Phi) is 8.95. The van der Waals surface area contributed by atoms with Crippen LogP contribution < -0.4 is 16.0 Å². The van der Waals surface area contributed by atoms with Crippen molar-refractivity contribution >= 4 is 41.5 Å². The van der Waals surface area contributed by atoms with E-state index in [1.54, 1.807) is 0 Å². The molecule has 0 saturated carbocycles. The van der Waals surface area contributed by atoms with Crippen molar-refractivity contribution in [2.24, 2.45) is 4.99 Å². The Hall–Kier alpha value is -2.09. The number of hydrogen-bond acceptors (Lipinski definition) is 2. The van der Waals surface area contributed by atoms with Crippen molar-refractivity contribution < 1.29 is 4.79 Å². The number of rotatable bonds is 6. The number of nitrogens with one attached hydrogen (secondary N) is 3. The van der Waals surface area contributed by atoms with E-state index in [-0.39, 0.29) is 35.8 Å². The minimum absolute atomic E-state index is 0. The van der Waals surface area contributed by atoms with Crippen molar-refractivity contribution in [2.45, 2.75) is 39.5 Å². The molecule has 29 heavy (non-hydrogen) atoms. The first-order valence-corrected chi connectivity index (χ1v) is 10.0. The molecule has 0 spiro atoms. The zero-order chi connectivity index (χ0) is 19.9. The summed E-state index contributed by atoms with van der Waals surface area (Å²) in [6.45, 7) is 8.53. The van der Waals surface area contributed by atoms with Crippen molar-refractivity contribution in [1.29, 1.82) is 0 Å². The fourth-order valence-corrected chi connectivity index (χ4v) is 3.75. The molecule has 3 rings (SSSR count). The quantitative estimate of drug-likeness (QED) is 0.314. The maximum absolute atomic E-state index is 12.0. The van der Waals surface area contributed by atoms with Crippen LogP contribution in [0.2, 0.25) is 0 Å². The van der Waals surface area contributed by atoms with Crippen molar-refractivity contribution in [1.82, 2.24) is 10.6 Å². The Morgan fingerprint density at radius 1 is 1.14 bits per heavy atom. The minimum Gasteiger partial charge on any atom is -0.357 e. The first-order valence-electron chi connectivity index (χ1n) is 10.0. The summed E-state index contributed by atoms with van der Waals surface area (Å²) in [5, 5.41) is 9.67. The molecule has 2 aromatic carbocycles. The number of carbonyl (C=O) groups excluding carboxylic acids is 1. The maximum Gasteiger partial charge on any atom is 0.225 e. The van der Waals surface area contributed by atoms with E-state index < -0.39 is 0 Å². The van der Waals surface area contributed by atoms with Crippen LogP contribution >= 0.6 is 24.0 Å². The number of hydrogen-bond donors (Lipinski definition) is 3. The number of aliphatic imine (C=N–C) groups is 1. The number of halogens is 1. The van der Waals surface area contributed by atoms with Crippen LogP contribution in [0.5, 0.6) is 0 Å². The second-order valence-electron chi connectivity index (χ2n) is 7.43. The standard InChI is InChI=1S/C23H30N4O.HI/c1-4-24-23(25-10-9-18-12-16(2)11-17(3)13-18)26-15-19-14-22(28)27-21-8-6-5-7-20(19)21;/h5-8,11-13,19H,4,9-10,14-15H2,1-3H3,(H,27,28)(H2,24,25,26);1H. The maximum atomic E-state index is 12.0. The second kappa shape index (κ2) is 11.2. The second-order valence-corrected chi connectivity index (χ2v) is 7.43. The summed E-state index contributed by atoms with van der Waals surface area (Å²) in [6, 6.07) is 14.7. The van der Waals surface area contributed by atoms with E-state index in [1.165, 1.54) is 16.7 Å². The number of anilines is 1. The summed E-state index contributed by atoms with van der Waals surface area (Å²) in [5.41, 5.74) is 6.00. The lowest BCUT2D eigenvalue weighted by Crippen LogP contribution is -2.38. The zero-order valence-corrected chi connectivity index (χ0v) is 19.7. The molecule has 156 valence electrons. The number of fused-ring (bicyclic) bond motifs is 1. The lowest BCUT2D eigenvalue weighted by atomic mass is 9.91. The van der Waals surface area contributed by atoms with Crippen LogP contribution in [0.15, 0.2) is 47.5 Å². The highest BCUT2D eigenvalue weighted by molar-refractivity contribution is 14.0. The number of amides is 1. The molecule has 0 bridgehead atoms. The van der Waals surface area contributed by atoms with Gasteiger partial charge in [0.05, 0.1) is 6.54 Å². The predicted octanol–water partition coefficient (Wildman–Crippen LogP) is 4.15. The molecular weight excluding hydrogens is 475 g/mol. The van der Waals surface area contributed by atoms with Crippen molar-refractivity contribution in [3.05, 3.63) is 64.7 Å². The van der Waals surface area contributed by atoms with E-state index in [0.29, 0.717) is 13.0 Å². The van der Waals surface area contributed by atoms with Crippen LogP contribution in [0, 0.1) is 13.8 Å². The van der Waals surface area contributed by atoms with E-state index in [2.05, 4.69) is 61.0 Å². The number of guanidine groups is 1. The van der Waals surface area contributed by atoms with Gasteiger partial charge in [-0.15, -0.1) is 24.0 Å². The minimum atomic E-state index is 0. The summed E-state index contributed by atoms with van der Waals surface area (Å²) in [6.07, 6.45) is 1.42. The Balaban J connectivity index is 0.00000300. The fourth-order valence-electron chi connectivity index (χ4n) is 3.75. The molecule has 5 nitrogen and oxygen atoms in total. The topological polar surface area (TPSA) is 65.5 Å². The largest absolute Gasteiger partial charge is 0.357 e. The van der Waals surface area contributed by atoms with E-state index in [1.807, 2.05) is 18.2 Å². The average molecular weight is 506 g/mol. The zero-order valence-electron chi connectivity index (χ0n) is 17.4. The Morgan fingerprint density at radius 3 is 2.59 bits per heavy atom. The van der Waals surface area contributed by atoms with Gasteiger partial charge in [-0.1, -0.05) is 47.5 Å². The third-order valence-corrected chi connectivity index (χ3v) is 4.91. The van der Waals surface area contributed by atoms with E-state index in [4.69, 9.17) is 4.99 Å². The first-order chi connectivity index (χ1) is 13.5. The van der Waals surface area contributed by atoms with Gasteiger partial charge >= 0.3 is 0 Å². The lowest BCUT2D eigenvalue weighted by Gasteiger charge is -2.24. The molecule has 0 fully saturated rings. The number of benzene rings is 2. The third-order valence-electron chi connectivity index (χ3n) is 4.91. The third kappa shape index (κ3) is 6.73. The van der Waals surface area contributed by atoms with Gasteiger partial charge in [0.15, 0.2) is 5.96 Å². The normalized spacial score (nSPS) is 15.8. The van der Waals surface area contributed by atoms with Gasteiger partial charge in [0.25, 0.3) is 0 Å². The molecule has 1 aliphatic heterocycles. The molecule has 1 amide bonds. The number of para-hydroxylation sites is 1. The SMILES string of the molecule is CCNC(=NCC1CC(=O)Nc2ccccc21)NCCc1cc(C)cc(C)c1.I. The number of carbonyl (C=O) groups is 1. The first kappa shape index (κ1) is 23.2. The molecular formula is C23H31IN4O. The average Bonchev–Trinajstić information content (AvgIpc) is 2.65. The fraction of sp³-hybridized carbons (Fsp3) is 0.391. The lowest BCUT2D eigenvalue weighted by molar-refractivity contribution is -0.116. The van der Waals surface area contributed by atoms with Crippen LogP contribution in [0.1, 0.15) is 41.5 Å². The van der Waals surface area contributed by atoms with Crippen LogP contribution in [-0.4, -0.2) is 31.5 Å². The van der Waals surface area contributed by atoms with Crippen molar-refractivity contribution in [3.63, 3.8) is 0 Å². The molecule has 3 N–H and O–H groups in total. The monoisotopic (exact) mass is 506 g/mol. The Morgan fingerprint density at radius 2 is 1.86 bits per heavy atom.